The lowest BCUT2D eigenvalue weighted by atomic mass is 10.2. The highest BCUT2D eigenvalue weighted by Gasteiger charge is 2.26. The molecule has 0 spiro atoms. The monoisotopic (exact) mass is 356 g/mol. The molecule has 1 aliphatic rings. The van der Waals surface area contributed by atoms with Crippen LogP contribution in [0.15, 0.2) is 36.5 Å². The van der Waals surface area contributed by atoms with Crippen LogP contribution in [0.4, 0.5) is 8.78 Å². The van der Waals surface area contributed by atoms with E-state index in [9.17, 15) is 13.6 Å². The smallest absolute Gasteiger partial charge is 0.257 e. The summed E-state index contributed by atoms with van der Waals surface area (Å²) < 4.78 is 29.3. The second-order valence-corrected chi connectivity index (χ2v) is 6.71. The first-order valence-corrected chi connectivity index (χ1v) is 8.53. The Morgan fingerprint density at radius 2 is 2.12 bits per heavy atom. The molecule has 4 rings (SSSR count). The van der Waals surface area contributed by atoms with Crippen LogP contribution in [0, 0.1) is 17.6 Å². The Kier molecular flexibility index (Phi) is 4.14. The highest BCUT2D eigenvalue weighted by molar-refractivity contribution is 5.94. The molecule has 0 saturated heterocycles. The van der Waals surface area contributed by atoms with Crippen molar-refractivity contribution in [1.29, 1.82) is 0 Å². The molecule has 0 atom stereocenters. The summed E-state index contributed by atoms with van der Waals surface area (Å²) in [7, 11) is 1.56. The van der Waals surface area contributed by atoms with Crippen molar-refractivity contribution in [2.75, 3.05) is 7.05 Å². The third-order valence-corrected chi connectivity index (χ3v) is 4.60. The second-order valence-electron chi connectivity index (χ2n) is 6.71. The number of fused-ring (bicyclic) bond motifs is 1. The Morgan fingerprint density at radius 3 is 2.88 bits per heavy atom. The standard InChI is InChI=1S/C19H18F2N4O/c1-24(19(26)14-9-13(20)6-7-15(14)21)11-17-23-16-3-2-8-22-18(16)25(17)10-12-4-5-12/h2-3,6-9,12H,4-5,10-11H2,1H3. The average molecular weight is 356 g/mol. The van der Waals surface area contributed by atoms with Gasteiger partial charge in [-0.25, -0.2) is 18.7 Å². The summed E-state index contributed by atoms with van der Waals surface area (Å²) in [5.41, 5.74) is 1.27. The van der Waals surface area contributed by atoms with Crippen molar-refractivity contribution in [3.8, 4) is 0 Å². The number of rotatable bonds is 5. The molecule has 26 heavy (non-hydrogen) atoms. The van der Waals surface area contributed by atoms with Crippen molar-refractivity contribution in [1.82, 2.24) is 19.4 Å². The molecule has 7 heteroatoms. The molecule has 2 aromatic heterocycles. The molecule has 1 aromatic carbocycles. The lowest BCUT2D eigenvalue weighted by Gasteiger charge is -2.18. The van der Waals surface area contributed by atoms with Crippen molar-refractivity contribution >= 4 is 17.1 Å². The van der Waals surface area contributed by atoms with Crippen molar-refractivity contribution in [3.63, 3.8) is 0 Å². The van der Waals surface area contributed by atoms with E-state index in [1.54, 1.807) is 13.2 Å². The molecule has 2 heterocycles. The number of nitrogens with zero attached hydrogens (tertiary/aromatic N) is 4. The minimum Gasteiger partial charge on any atom is -0.334 e. The zero-order chi connectivity index (χ0) is 18.3. The van der Waals surface area contributed by atoms with Gasteiger partial charge in [-0.05, 0) is 49.1 Å². The molecule has 3 aromatic rings. The summed E-state index contributed by atoms with van der Waals surface area (Å²) in [5.74, 6) is -0.669. The van der Waals surface area contributed by atoms with Gasteiger partial charge in [-0.15, -0.1) is 0 Å². The van der Waals surface area contributed by atoms with Gasteiger partial charge >= 0.3 is 0 Å². The Morgan fingerprint density at radius 1 is 1.31 bits per heavy atom. The molecule has 0 N–H and O–H groups in total. The fourth-order valence-corrected chi connectivity index (χ4v) is 3.03. The summed E-state index contributed by atoms with van der Waals surface area (Å²) in [5, 5.41) is 0. The summed E-state index contributed by atoms with van der Waals surface area (Å²) in [6.45, 7) is 0.997. The molecule has 5 nitrogen and oxygen atoms in total. The third kappa shape index (κ3) is 3.16. The lowest BCUT2D eigenvalue weighted by Crippen LogP contribution is -2.28. The van der Waals surface area contributed by atoms with Crippen LogP contribution in [0.2, 0.25) is 0 Å². The minimum absolute atomic E-state index is 0.192. The lowest BCUT2D eigenvalue weighted by molar-refractivity contribution is 0.0775. The number of benzene rings is 1. The van der Waals surface area contributed by atoms with Gasteiger partial charge in [0.2, 0.25) is 0 Å². The normalized spacial score (nSPS) is 14.0. The van der Waals surface area contributed by atoms with Gasteiger partial charge in [-0.1, -0.05) is 0 Å². The van der Waals surface area contributed by atoms with Crippen LogP contribution in [-0.4, -0.2) is 32.4 Å². The minimum atomic E-state index is -0.739. The molecule has 0 unspecified atom stereocenters. The number of carbonyl (C=O) groups excluding carboxylic acids is 1. The van der Waals surface area contributed by atoms with Gasteiger partial charge in [0.25, 0.3) is 5.91 Å². The number of imidazole rings is 1. The first-order valence-electron chi connectivity index (χ1n) is 8.53. The quantitative estimate of drug-likeness (QED) is 0.704. The second kappa shape index (κ2) is 6.48. The summed E-state index contributed by atoms with van der Waals surface area (Å²) in [4.78, 5) is 22.9. The first-order chi connectivity index (χ1) is 12.5. The highest BCUT2D eigenvalue weighted by Crippen LogP contribution is 2.32. The Hall–Kier alpha value is -2.83. The molecular formula is C19H18F2N4O. The van der Waals surface area contributed by atoms with E-state index in [4.69, 9.17) is 0 Å². The molecule has 134 valence electrons. The number of carbonyl (C=O) groups is 1. The van der Waals surface area contributed by atoms with Crippen molar-refractivity contribution < 1.29 is 13.6 Å². The summed E-state index contributed by atoms with van der Waals surface area (Å²) in [6.07, 6.45) is 4.07. The van der Waals surface area contributed by atoms with Crippen molar-refractivity contribution in [2.24, 2.45) is 5.92 Å². The van der Waals surface area contributed by atoms with Crippen molar-refractivity contribution in [2.45, 2.75) is 25.9 Å². The zero-order valence-electron chi connectivity index (χ0n) is 14.3. The van der Waals surface area contributed by atoms with Gasteiger partial charge in [0.15, 0.2) is 5.65 Å². The molecule has 0 aliphatic heterocycles. The first kappa shape index (κ1) is 16.6. The van der Waals surface area contributed by atoms with Crippen LogP contribution in [0.5, 0.6) is 0 Å². The van der Waals surface area contributed by atoms with E-state index in [0.717, 1.165) is 35.9 Å². The third-order valence-electron chi connectivity index (χ3n) is 4.60. The predicted molar refractivity (Wildman–Crippen MR) is 92.4 cm³/mol. The van der Waals surface area contributed by atoms with E-state index in [1.807, 2.05) is 16.7 Å². The number of aromatic nitrogens is 3. The van der Waals surface area contributed by atoms with Gasteiger partial charge in [-0.3, -0.25) is 4.79 Å². The SMILES string of the molecule is CN(Cc1nc2cccnc2n1CC1CC1)C(=O)c1cc(F)ccc1F. The van der Waals surface area contributed by atoms with E-state index < -0.39 is 17.5 Å². The van der Waals surface area contributed by atoms with Gasteiger partial charge in [0.05, 0.1) is 12.1 Å². The van der Waals surface area contributed by atoms with Crippen LogP contribution >= 0.6 is 0 Å². The van der Waals surface area contributed by atoms with E-state index in [1.165, 1.54) is 17.7 Å². The molecular weight excluding hydrogens is 338 g/mol. The predicted octanol–water partition coefficient (Wildman–Crippen LogP) is 3.39. The van der Waals surface area contributed by atoms with Crippen LogP contribution in [-0.2, 0) is 13.1 Å². The molecule has 1 aliphatic carbocycles. The molecule has 0 radical (unpaired) electrons. The van der Waals surface area contributed by atoms with Gasteiger partial charge in [0, 0.05) is 19.8 Å². The number of hydrogen-bond donors (Lipinski definition) is 0. The highest BCUT2D eigenvalue weighted by atomic mass is 19.1. The summed E-state index contributed by atoms with van der Waals surface area (Å²) >= 11 is 0. The molecule has 1 fully saturated rings. The fourth-order valence-electron chi connectivity index (χ4n) is 3.03. The molecule has 1 amide bonds. The number of amides is 1. The van der Waals surface area contributed by atoms with E-state index in [2.05, 4.69) is 9.97 Å². The van der Waals surface area contributed by atoms with Gasteiger partial charge in [-0.2, -0.15) is 0 Å². The maximum Gasteiger partial charge on any atom is 0.257 e. The molecule has 1 saturated carbocycles. The summed E-state index contributed by atoms with van der Waals surface area (Å²) in [6, 6.07) is 6.57. The number of halogens is 2. The van der Waals surface area contributed by atoms with Crippen LogP contribution in [0.3, 0.4) is 0 Å². The van der Waals surface area contributed by atoms with E-state index >= 15 is 0 Å². The van der Waals surface area contributed by atoms with Gasteiger partial charge in [0.1, 0.15) is 23.0 Å². The number of pyridine rings is 1. The largest absolute Gasteiger partial charge is 0.334 e. The maximum absolute atomic E-state index is 13.9. The Bertz CT molecular complexity index is 981. The zero-order valence-corrected chi connectivity index (χ0v) is 14.3. The maximum atomic E-state index is 13.9. The van der Waals surface area contributed by atoms with Crippen LogP contribution in [0.25, 0.3) is 11.2 Å². The average Bonchev–Trinajstić information content (AvgIpc) is 3.39. The number of hydrogen-bond acceptors (Lipinski definition) is 3. The Labute approximate surface area is 149 Å². The van der Waals surface area contributed by atoms with Gasteiger partial charge < -0.3 is 9.47 Å². The topological polar surface area (TPSA) is 51.0 Å². The van der Waals surface area contributed by atoms with E-state index in [0.29, 0.717) is 11.7 Å². The fraction of sp³-hybridized carbons (Fsp3) is 0.316. The van der Waals surface area contributed by atoms with Crippen LogP contribution in [0.1, 0.15) is 29.0 Å². The van der Waals surface area contributed by atoms with Crippen LogP contribution < -0.4 is 0 Å². The molecule has 0 bridgehead atoms. The Balaban J connectivity index is 1.63. The van der Waals surface area contributed by atoms with E-state index in [-0.39, 0.29) is 12.1 Å². The van der Waals surface area contributed by atoms with Crippen molar-refractivity contribution in [3.05, 3.63) is 59.6 Å².